The maximum atomic E-state index is 6.68. The van der Waals surface area contributed by atoms with E-state index in [1.54, 1.807) is 12.4 Å². The van der Waals surface area contributed by atoms with Gasteiger partial charge in [0.15, 0.2) is 0 Å². The Kier molecular flexibility index (Phi) is 2.49. The van der Waals surface area contributed by atoms with Crippen LogP contribution in [0.3, 0.4) is 0 Å². The number of hydrogen-bond acceptors (Lipinski definition) is 2. The van der Waals surface area contributed by atoms with Crippen LogP contribution in [-0.2, 0) is 0 Å². The van der Waals surface area contributed by atoms with Crippen molar-refractivity contribution in [3.8, 4) is 0 Å². The van der Waals surface area contributed by atoms with E-state index in [9.17, 15) is 0 Å². The zero-order chi connectivity index (χ0) is 8.10. The van der Waals surface area contributed by atoms with Crippen molar-refractivity contribution < 1.29 is 0 Å². The van der Waals surface area contributed by atoms with Gasteiger partial charge in [-0.25, -0.2) is 4.99 Å². The highest BCUT2D eigenvalue weighted by Gasteiger charge is 1.91. The number of pyridine rings is 1. The van der Waals surface area contributed by atoms with Crippen molar-refractivity contribution >= 4 is 12.6 Å². The number of hydrogen-bond donors (Lipinski definition) is 1. The number of nitrogens with one attached hydrogen (secondary N) is 1. The van der Waals surface area contributed by atoms with Gasteiger partial charge in [0.2, 0.25) is 0 Å². The molecule has 0 aromatic carbocycles. The zero-order valence-corrected chi connectivity index (χ0v) is 6.28. The summed E-state index contributed by atoms with van der Waals surface area (Å²) in [6, 6.07) is 3.76. The highest BCUT2D eigenvalue weighted by Crippen LogP contribution is 1.98. The first-order chi connectivity index (χ1) is 5.34. The average molecular weight is 147 g/mol. The Labute approximate surface area is 65.3 Å². The molecule has 0 amide bonds. The lowest BCUT2D eigenvalue weighted by Crippen LogP contribution is -1.89. The molecule has 0 saturated heterocycles. The van der Waals surface area contributed by atoms with Crippen LogP contribution in [0.4, 0.5) is 0 Å². The van der Waals surface area contributed by atoms with Crippen molar-refractivity contribution in [2.24, 2.45) is 4.99 Å². The standard InChI is InChI=1S/C8H9N3/c1-7-8(5-10-6-9)3-2-4-11-7/h2-6,9H,1H3/b9-6?,10-5-. The molecule has 3 heteroatoms. The smallest absolute Gasteiger partial charge is 0.106 e. The molecule has 0 spiro atoms. The summed E-state index contributed by atoms with van der Waals surface area (Å²) in [5.74, 6) is 0. The number of nitrogens with zero attached hydrogens (tertiary/aromatic N) is 2. The molecule has 1 N–H and O–H groups in total. The largest absolute Gasteiger partial charge is 0.290 e. The fourth-order valence-electron chi connectivity index (χ4n) is 0.751. The molecule has 1 aromatic heterocycles. The Hall–Kier alpha value is -1.51. The number of aromatic nitrogens is 1. The Morgan fingerprint density at radius 3 is 3.09 bits per heavy atom. The summed E-state index contributed by atoms with van der Waals surface area (Å²) < 4.78 is 0. The van der Waals surface area contributed by atoms with E-state index < -0.39 is 0 Å². The van der Waals surface area contributed by atoms with Crippen LogP contribution in [0, 0.1) is 12.3 Å². The van der Waals surface area contributed by atoms with Crippen LogP contribution < -0.4 is 0 Å². The quantitative estimate of drug-likeness (QED) is 0.499. The lowest BCUT2D eigenvalue weighted by atomic mass is 10.2. The van der Waals surface area contributed by atoms with E-state index in [4.69, 9.17) is 5.41 Å². The molecule has 0 radical (unpaired) electrons. The second-order valence-corrected chi connectivity index (χ2v) is 2.09. The van der Waals surface area contributed by atoms with Gasteiger partial charge in [-0.15, -0.1) is 0 Å². The van der Waals surface area contributed by atoms with Gasteiger partial charge >= 0.3 is 0 Å². The van der Waals surface area contributed by atoms with Gasteiger partial charge in [-0.1, -0.05) is 6.07 Å². The van der Waals surface area contributed by atoms with E-state index in [-0.39, 0.29) is 0 Å². The van der Waals surface area contributed by atoms with Crippen molar-refractivity contribution in [2.45, 2.75) is 6.92 Å². The fraction of sp³-hybridized carbons (Fsp3) is 0.125. The second kappa shape index (κ2) is 3.61. The Bertz CT molecular complexity index is 278. The summed E-state index contributed by atoms with van der Waals surface area (Å²) in [4.78, 5) is 7.75. The maximum absolute atomic E-state index is 6.68. The minimum Gasteiger partial charge on any atom is -0.290 e. The first kappa shape index (κ1) is 7.60. The van der Waals surface area contributed by atoms with Crippen LogP contribution in [0.15, 0.2) is 23.3 Å². The van der Waals surface area contributed by atoms with E-state index >= 15 is 0 Å². The third kappa shape index (κ3) is 1.97. The summed E-state index contributed by atoms with van der Waals surface area (Å²) in [6.45, 7) is 1.91. The van der Waals surface area contributed by atoms with Crippen LogP contribution in [0.2, 0.25) is 0 Å². The van der Waals surface area contributed by atoms with Gasteiger partial charge in [0.1, 0.15) is 6.34 Å². The average Bonchev–Trinajstić information content (AvgIpc) is 2.03. The summed E-state index contributed by atoms with van der Waals surface area (Å²) in [5, 5.41) is 6.68. The van der Waals surface area contributed by atoms with E-state index in [1.807, 2.05) is 19.1 Å². The van der Waals surface area contributed by atoms with E-state index in [0.717, 1.165) is 17.6 Å². The Balaban J connectivity index is 2.94. The van der Waals surface area contributed by atoms with Crippen molar-refractivity contribution in [2.75, 3.05) is 0 Å². The Morgan fingerprint density at radius 1 is 1.64 bits per heavy atom. The molecule has 0 bridgehead atoms. The molecule has 11 heavy (non-hydrogen) atoms. The normalized spacial score (nSPS) is 10.3. The first-order valence-electron chi connectivity index (χ1n) is 3.28. The molecule has 0 saturated carbocycles. The Morgan fingerprint density at radius 2 is 2.45 bits per heavy atom. The summed E-state index contributed by atoms with van der Waals surface area (Å²) in [5.41, 5.74) is 1.88. The van der Waals surface area contributed by atoms with Crippen molar-refractivity contribution in [3.05, 3.63) is 29.6 Å². The van der Waals surface area contributed by atoms with E-state index in [1.165, 1.54) is 0 Å². The number of aliphatic imine (C=N–C) groups is 1. The van der Waals surface area contributed by atoms with Crippen LogP contribution in [0.25, 0.3) is 0 Å². The molecule has 0 aliphatic carbocycles. The molecule has 1 rings (SSSR count). The first-order valence-corrected chi connectivity index (χ1v) is 3.28. The number of aryl methyl sites for hydroxylation is 1. The summed E-state index contributed by atoms with van der Waals surface area (Å²) in [6.07, 6.45) is 4.36. The predicted molar refractivity (Wildman–Crippen MR) is 45.4 cm³/mol. The molecule has 0 fully saturated rings. The van der Waals surface area contributed by atoms with Crippen LogP contribution in [0.5, 0.6) is 0 Å². The molecule has 56 valence electrons. The van der Waals surface area contributed by atoms with E-state index in [2.05, 4.69) is 9.98 Å². The highest BCUT2D eigenvalue weighted by atomic mass is 14.7. The third-order valence-electron chi connectivity index (χ3n) is 1.34. The second-order valence-electron chi connectivity index (χ2n) is 2.09. The summed E-state index contributed by atoms with van der Waals surface area (Å²) >= 11 is 0. The van der Waals surface area contributed by atoms with Gasteiger partial charge in [-0.3, -0.25) is 10.4 Å². The molecule has 3 nitrogen and oxygen atoms in total. The molecular formula is C8H9N3. The third-order valence-corrected chi connectivity index (χ3v) is 1.34. The minimum absolute atomic E-state index is 0.929. The minimum atomic E-state index is 0.929. The SMILES string of the molecule is Cc1ncccc1/C=N\C=N. The van der Waals surface area contributed by atoms with Gasteiger partial charge in [-0.2, -0.15) is 0 Å². The molecule has 0 aliphatic rings. The van der Waals surface area contributed by atoms with Crippen LogP contribution in [0.1, 0.15) is 11.3 Å². The molecule has 1 aromatic rings. The molecule has 0 aliphatic heterocycles. The van der Waals surface area contributed by atoms with Crippen molar-refractivity contribution in [1.29, 1.82) is 5.41 Å². The lowest BCUT2D eigenvalue weighted by molar-refractivity contribution is 1.19. The monoisotopic (exact) mass is 147 g/mol. The fourth-order valence-corrected chi connectivity index (χ4v) is 0.751. The van der Waals surface area contributed by atoms with Gasteiger partial charge in [0, 0.05) is 23.7 Å². The highest BCUT2D eigenvalue weighted by molar-refractivity contribution is 5.85. The maximum Gasteiger partial charge on any atom is 0.106 e. The van der Waals surface area contributed by atoms with Crippen molar-refractivity contribution in [1.82, 2.24) is 4.98 Å². The van der Waals surface area contributed by atoms with Crippen LogP contribution in [-0.4, -0.2) is 17.5 Å². The van der Waals surface area contributed by atoms with E-state index in [0.29, 0.717) is 0 Å². The summed E-state index contributed by atoms with van der Waals surface area (Å²) in [7, 11) is 0. The van der Waals surface area contributed by atoms with Gasteiger partial charge in [-0.05, 0) is 13.0 Å². The predicted octanol–water partition coefficient (Wildman–Crippen LogP) is 1.42. The molecule has 1 heterocycles. The van der Waals surface area contributed by atoms with Gasteiger partial charge in [0.05, 0.1) is 0 Å². The van der Waals surface area contributed by atoms with Crippen LogP contribution >= 0.6 is 0 Å². The zero-order valence-electron chi connectivity index (χ0n) is 6.28. The van der Waals surface area contributed by atoms with Gasteiger partial charge < -0.3 is 0 Å². The lowest BCUT2D eigenvalue weighted by Gasteiger charge is -1.94. The molecule has 0 atom stereocenters. The number of rotatable bonds is 2. The van der Waals surface area contributed by atoms with Gasteiger partial charge in [0.25, 0.3) is 0 Å². The van der Waals surface area contributed by atoms with Crippen molar-refractivity contribution in [3.63, 3.8) is 0 Å². The molecular weight excluding hydrogens is 138 g/mol. The molecule has 0 unspecified atom stereocenters. The topological polar surface area (TPSA) is 49.1 Å².